The summed E-state index contributed by atoms with van der Waals surface area (Å²) >= 11 is 12.0. The van der Waals surface area contributed by atoms with Crippen molar-refractivity contribution in [2.75, 3.05) is 10.6 Å². The minimum atomic E-state index is -0.640. The lowest BCUT2D eigenvalue weighted by Crippen LogP contribution is -2.15. The zero-order valence-corrected chi connectivity index (χ0v) is 13.3. The first kappa shape index (κ1) is 18.0. The van der Waals surface area contributed by atoms with Crippen molar-refractivity contribution in [1.29, 1.82) is 0 Å². The van der Waals surface area contributed by atoms with Crippen molar-refractivity contribution in [1.82, 2.24) is 0 Å². The van der Waals surface area contributed by atoms with Crippen LogP contribution >= 0.6 is 23.2 Å². The van der Waals surface area contributed by atoms with Gasteiger partial charge in [-0.25, -0.2) is 0 Å². The summed E-state index contributed by atoms with van der Waals surface area (Å²) in [7, 11) is 0. The minimum Gasteiger partial charge on any atom is -0.875 e. The number of nitrogens with one attached hydrogen (secondary N) is 2. The normalized spacial score (nSPS) is 11.0. The second-order valence-electron chi connectivity index (χ2n) is 4.48. The number of benzene rings is 1. The molecular weight excluding hydrogens is 331 g/mol. The molecule has 118 valence electrons. The van der Waals surface area contributed by atoms with Gasteiger partial charge in [0.05, 0.1) is 27.8 Å². The molecule has 0 atom stereocenters. The Morgan fingerprint density at radius 2 is 1.59 bits per heavy atom. The van der Waals surface area contributed by atoms with Gasteiger partial charge < -0.3 is 15.7 Å². The molecule has 22 heavy (non-hydrogen) atoms. The summed E-state index contributed by atoms with van der Waals surface area (Å²) in [6.45, 7) is 2.53. The number of ketones is 1. The number of hydrogen-bond acceptors (Lipinski definition) is 4. The molecule has 0 bridgehead atoms. The second-order valence-corrected chi connectivity index (χ2v) is 5.30. The third-order valence-electron chi connectivity index (χ3n) is 2.33. The van der Waals surface area contributed by atoms with Crippen LogP contribution in [0.4, 0.5) is 11.4 Å². The molecule has 0 heterocycles. The Bertz CT molecular complexity index is 652. The zero-order chi connectivity index (χ0) is 16.9. The van der Waals surface area contributed by atoms with E-state index < -0.39 is 17.6 Å². The van der Waals surface area contributed by atoms with Crippen LogP contribution in [0.2, 0.25) is 10.0 Å². The van der Waals surface area contributed by atoms with E-state index in [9.17, 15) is 19.5 Å². The first-order chi connectivity index (χ1) is 10.2. The van der Waals surface area contributed by atoms with E-state index in [1.165, 1.54) is 26.0 Å². The van der Waals surface area contributed by atoms with Crippen LogP contribution in [0, 0.1) is 0 Å². The summed E-state index contributed by atoms with van der Waals surface area (Å²) < 4.78 is 0. The van der Waals surface area contributed by atoms with Crippen molar-refractivity contribution in [3.63, 3.8) is 0 Å². The fourth-order valence-electron chi connectivity index (χ4n) is 1.51. The van der Waals surface area contributed by atoms with Crippen molar-refractivity contribution in [2.45, 2.75) is 20.3 Å². The largest absolute Gasteiger partial charge is 0.875 e. The zero-order valence-electron chi connectivity index (χ0n) is 11.8. The maximum atomic E-state index is 11.5. The number of allylic oxidation sites excluding steroid dienone is 1. The van der Waals surface area contributed by atoms with Crippen molar-refractivity contribution in [3.05, 3.63) is 34.0 Å². The number of amides is 2. The van der Waals surface area contributed by atoms with Crippen LogP contribution in [0.15, 0.2) is 24.0 Å². The molecule has 0 saturated carbocycles. The van der Waals surface area contributed by atoms with E-state index in [0.717, 1.165) is 6.08 Å². The fraction of sp³-hybridized carbons (Fsp3) is 0.214. The number of halogens is 2. The molecule has 8 heteroatoms. The van der Waals surface area contributed by atoms with Gasteiger partial charge in [0.25, 0.3) is 0 Å². The predicted molar refractivity (Wildman–Crippen MR) is 82.8 cm³/mol. The van der Waals surface area contributed by atoms with Gasteiger partial charge in [-0.1, -0.05) is 30.1 Å². The number of anilines is 2. The summed E-state index contributed by atoms with van der Waals surface area (Å²) in [5.74, 6) is -1.86. The lowest BCUT2D eigenvalue weighted by molar-refractivity contribution is -0.301. The van der Waals surface area contributed by atoms with Crippen molar-refractivity contribution >= 4 is 52.2 Å². The minimum absolute atomic E-state index is 0.118. The Morgan fingerprint density at radius 1 is 1.09 bits per heavy atom. The molecular formula is C14H13Cl2N2O4-. The van der Waals surface area contributed by atoms with E-state index in [0.29, 0.717) is 0 Å². The molecule has 0 unspecified atom stereocenters. The third-order valence-corrected chi connectivity index (χ3v) is 2.96. The molecule has 1 aromatic rings. The van der Waals surface area contributed by atoms with Gasteiger partial charge in [0, 0.05) is 0 Å². The monoisotopic (exact) mass is 343 g/mol. The topological polar surface area (TPSA) is 98.3 Å². The summed E-state index contributed by atoms with van der Waals surface area (Å²) in [6.07, 6.45) is 0.590. The Balaban J connectivity index is 2.92. The highest BCUT2D eigenvalue weighted by atomic mass is 35.5. The van der Waals surface area contributed by atoms with Crippen molar-refractivity contribution < 1.29 is 19.5 Å². The van der Waals surface area contributed by atoms with Gasteiger partial charge in [0.15, 0.2) is 0 Å². The van der Waals surface area contributed by atoms with E-state index in [2.05, 4.69) is 10.6 Å². The van der Waals surface area contributed by atoms with Gasteiger partial charge in [-0.2, -0.15) is 0 Å². The first-order valence-corrected chi connectivity index (χ1v) is 6.89. The molecule has 2 N–H and O–H groups in total. The van der Waals surface area contributed by atoms with Crippen LogP contribution in [0.25, 0.3) is 0 Å². The standard InChI is InChI=1S/C14H14Cl2N2O4/c1-7(19)3-13(21)17-11-5-10(16)12(6-9(11)15)18-14(22)4-8(2)20/h3,5-6,19H,4H2,1-2H3,(H,17,21)(H,18,22)/p-1/b7-3-. The molecule has 1 aromatic carbocycles. The van der Waals surface area contributed by atoms with E-state index >= 15 is 0 Å². The van der Waals surface area contributed by atoms with Crippen LogP contribution in [0.1, 0.15) is 20.3 Å². The molecule has 0 spiro atoms. The predicted octanol–water partition coefficient (Wildman–Crippen LogP) is 2.11. The maximum Gasteiger partial charge on any atom is 0.247 e. The van der Waals surface area contributed by atoms with E-state index in [4.69, 9.17) is 23.2 Å². The first-order valence-electron chi connectivity index (χ1n) is 6.13. The van der Waals surface area contributed by atoms with Gasteiger partial charge in [-0.15, -0.1) is 5.76 Å². The molecule has 6 nitrogen and oxygen atoms in total. The lowest BCUT2D eigenvalue weighted by Gasteiger charge is -2.12. The third kappa shape index (κ3) is 5.75. The number of carbonyl (C=O) groups is 3. The van der Waals surface area contributed by atoms with Crippen LogP contribution < -0.4 is 15.7 Å². The highest BCUT2D eigenvalue weighted by Crippen LogP contribution is 2.32. The summed E-state index contributed by atoms with van der Waals surface area (Å²) in [5.41, 5.74) is 0.408. The number of rotatable bonds is 5. The molecule has 0 aromatic heterocycles. The van der Waals surface area contributed by atoms with Crippen molar-refractivity contribution in [3.8, 4) is 0 Å². The Kier molecular flexibility index (Phi) is 6.39. The maximum absolute atomic E-state index is 11.5. The SMILES string of the molecule is CC(=O)CC(=O)Nc1cc(Cl)c(NC(=O)/C=C(/C)[O-])cc1Cl. The van der Waals surface area contributed by atoms with Gasteiger partial charge in [-0.05, 0) is 25.1 Å². The van der Waals surface area contributed by atoms with Gasteiger partial charge in [0.1, 0.15) is 5.78 Å². The fourth-order valence-corrected chi connectivity index (χ4v) is 1.93. The smallest absolute Gasteiger partial charge is 0.247 e. The van der Waals surface area contributed by atoms with Crippen LogP contribution in [0.3, 0.4) is 0 Å². The molecule has 1 rings (SSSR count). The second kappa shape index (κ2) is 7.82. The highest BCUT2D eigenvalue weighted by Gasteiger charge is 2.12. The average molecular weight is 344 g/mol. The van der Waals surface area contributed by atoms with Crippen LogP contribution in [0.5, 0.6) is 0 Å². The Morgan fingerprint density at radius 3 is 2.05 bits per heavy atom. The van der Waals surface area contributed by atoms with Crippen LogP contribution in [-0.2, 0) is 14.4 Å². The van der Waals surface area contributed by atoms with E-state index in [-0.39, 0.29) is 33.6 Å². The molecule has 0 aliphatic rings. The summed E-state index contributed by atoms with van der Waals surface area (Å²) in [5, 5.41) is 15.9. The number of hydrogen-bond donors (Lipinski definition) is 2. The Labute approximate surface area is 137 Å². The summed E-state index contributed by atoms with van der Waals surface area (Å²) in [4.78, 5) is 33.9. The van der Waals surface area contributed by atoms with E-state index in [1.54, 1.807) is 0 Å². The van der Waals surface area contributed by atoms with Crippen molar-refractivity contribution in [2.24, 2.45) is 0 Å². The quantitative estimate of drug-likeness (QED) is 0.486. The Hall–Kier alpha value is -2.05. The van der Waals surface area contributed by atoms with E-state index in [1.807, 2.05) is 0 Å². The molecule has 2 amide bonds. The number of Topliss-reactive ketones (excluding diaryl/α,β-unsaturated/α-hetero) is 1. The molecule has 0 radical (unpaired) electrons. The molecule has 0 aliphatic heterocycles. The van der Waals surface area contributed by atoms with Gasteiger partial charge in [-0.3, -0.25) is 14.4 Å². The molecule has 0 saturated heterocycles. The van der Waals surface area contributed by atoms with Crippen LogP contribution in [-0.4, -0.2) is 17.6 Å². The van der Waals surface area contributed by atoms with Gasteiger partial charge >= 0.3 is 0 Å². The van der Waals surface area contributed by atoms with Gasteiger partial charge in [0.2, 0.25) is 11.8 Å². The lowest BCUT2D eigenvalue weighted by atomic mass is 10.2. The highest BCUT2D eigenvalue weighted by molar-refractivity contribution is 6.38. The molecule has 0 fully saturated rings. The number of carbonyl (C=O) groups excluding carboxylic acids is 3. The average Bonchev–Trinajstić information content (AvgIpc) is 2.33. The summed E-state index contributed by atoms with van der Waals surface area (Å²) in [6, 6.07) is 2.67. The molecule has 0 aliphatic carbocycles.